The monoisotopic (exact) mass is 257 g/mol. The largest absolute Gasteiger partial charge is 0.494 e. The van der Waals surface area contributed by atoms with E-state index in [9.17, 15) is 0 Å². The van der Waals surface area contributed by atoms with Crippen molar-refractivity contribution >= 4 is 15.9 Å². The summed E-state index contributed by atoms with van der Waals surface area (Å²) in [5.41, 5.74) is 0. The molecule has 0 aromatic heterocycles. The number of hydrogen-bond acceptors (Lipinski definition) is 3. The van der Waals surface area contributed by atoms with Gasteiger partial charge in [-0.25, -0.2) is 0 Å². The molecular weight excluding hydrogens is 246 g/mol. The van der Waals surface area contributed by atoms with Gasteiger partial charge in [0.05, 0.1) is 6.61 Å². The fraction of sp³-hybridized carbons (Fsp3) is 0.300. The molecule has 0 atom stereocenters. The van der Waals surface area contributed by atoms with Crippen LogP contribution in [0.4, 0.5) is 0 Å². The van der Waals surface area contributed by atoms with Gasteiger partial charge in [-0.1, -0.05) is 22.5 Å². The van der Waals surface area contributed by atoms with Crippen molar-refractivity contribution in [2.45, 2.75) is 13.8 Å². The number of allylic oxidation sites excluding steroid dienone is 3. The highest BCUT2D eigenvalue weighted by Crippen LogP contribution is 2.16. The van der Waals surface area contributed by atoms with Crippen LogP contribution in [0, 0.1) is 11.5 Å². The van der Waals surface area contributed by atoms with Gasteiger partial charge < -0.3 is 9.47 Å². The van der Waals surface area contributed by atoms with Gasteiger partial charge in [0.25, 0.3) is 6.26 Å². The minimum Gasteiger partial charge on any atom is -0.494 e. The van der Waals surface area contributed by atoms with Crippen LogP contribution < -0.4 is 0 Å². The third-order valence-electron chi connectivity index (χ3n) is 1.28. The zero-order valence-electron chi connectivity index (χ0n) is 8.21. The Kier molecular flexibility index (Phi) is 6.59. The van der Waals surface area contributed by atoms with Crippen molar-refractivity contribution in [2.75, 3.05) is 6.61 Å². The first-order valence-corrected chi connectivity index (χ1v) is 4.84. The molecule has 0 rings (SSSR count). The van der Waals surface area contributed by atoms with E-state index in [1.54, 1.807) is 25.3 Å². The van der Waals surface area contributed by atoms with Crippen LogP contribution >= 0.6 is 15.9 Å². The van der Waals surface area contributed by atoms with Crippen LogP contribution in [0.2, 0.25) is 0 Å². The zero-order chi connectivity index (χ0) is 11.0. The molecule has 0 aliphatic rings. The van der Waals surface area contributed by atoms with Gasteiger partial charge in [0.2, 0.25) is 0 Å². The Morgan fingerprint density at radius 2 is 2.29 bits per heavy atom. The first kappa shape index (κ1) is 12.8. The lowest BCUT2D eigenvalue weighted by molar-refractivity contribution is 0.240. The summed E-state index contributed by atoms with van der Waals surface area (Å²) < 4.78 is 10.7. The third-order valence-corrected chi connectivity index (χ3v) is 1.67. The topological polar surface area (TPSA) is 42.2 Å². The lowest BCUT2D eigenvalue weighted by Crippen LogP contribution is -1.91. The molecule has 3 nitrogen and oxygen atoms in total. The minimum atomic E-state index is 0.413. The van der Waals surface area contributed by atoms with Crippen LogP contribution in [-0.4, -0.2) is 6.61 Å². The van der Waals surface area contributed by atoms with Crippen LogP contribution in [0.15, 0.2) is 34.7 Å². The molecular formula is C10H12BrNO2. The molecule has 14 heavy (non-hydrogen) atoms. The summed E-state index contributed by atoms with van der Waals surface area (Å²) in [5.74, 6) is 0.979. The molecule has 0 aliphatic carbocycles. The first-order chi connectivity index (χ1) is 6.65. The number of rotatable bonds is 5. The Balaban J connectivity index is 4.79. The maximum Gasteiger partial charge on any atom is 0.292 e. The van der Waals surface area contributed by atoms with Crippen molar-refractivity contribution in [1.29, 1.82) is 5.26 Å². The second-order valence-electron chi connectivity index (χ2n) is 2.27. The molecule has 76 valence electrons. The van der Waals surface area contributed by atoms with E-state index in [-0.39, 0.29) is 0 Å². The molecule has 0 bridgehead atoms. The van der Waals surface area contributed by atoms with Crippen molar-refractivity contribution in [3.8, 4) is 6.26 Å². The minimum absolute atomic E-state index is 0.413. The predicted molar refractivity (Wildman–Crippen MR) is 58.2 cm³/mol. The third kappa shape index (κ3) is 4.73. The van der Waals surface area contributed by atoms with Crippen LogP contribution in [0.1, 0.15) is 13.8 Å². The molecule has 0 heterocycles. The average Bonchev–Trinajstić information content (AvgIpc) is 2.15. The SMILES string of the molecule is C=C/C(=C\C(OC#N)=C(/C)Br)OCC. The Bertz CT molecular complexity index is 296. The van der Waals surface area contributed by atoms with Crippen molar-refractivity contribution in [3.05, 3.63) is 34.7 Å². The highest BCUT2D eigenvalue weighted by atomic mass is 79.9. The van der Waals surface area contributed by atoms with E-state index in [0.29, 0.717) is 18.1 Å². The molecule has 0 saturated carbocycles. The first-order valence-electron chi connectivity index (χ1n) is 4.05. The van der Waals surface area contributed by atoms with E-state index in [4.69, 9.17) is 14.7 Å². The van der Waals surface area contributed by atoms with Gasteiger partial charge in [0.1, 0.15) is 5.76 Å². The summed E-state index contributed by atoms with van der Waals surface area (Å²) >= 11 is 3.22. The molecule has 0 fully saturated rings. The van der Waals surface area contributed by atoms with E-state index in [0.717, 1.165) is 4.48 Å². The van der Waals surface area contributed by atoms with Gasteiger partial charge in [-0.2, -0.15) is 0 Å². The van der Waals surface area contributed by atoms with Gasteiger partial charge in [-0.05, 0) is 19.9 Å². The van der Waals surface area contributed by atoms with Gasteiger partial charge in [-0.15, -0.1) is 5.26 Å². The number of nitriles is 1. The number of nitrogens with zero attached hydrogens (tertiary/aromatic N) is 1. The molecule has 4 heteroatoms. The van der Waals surface area contributed by atoms with Crippen molar-refractivity contribution < 1.29 is 9.47 Å². The average molecular weight is 258 g/mol. The van der Waals surface area contributed by atoms with E-state index in [2.05, 4.69) is 22.5 Å². The van der Waals surface area contributed by atoms with E-state index < -0.39 is 0 Å². The van der Waals surface area contributed by atoms with E-state index in [1.165, 1.54) is 0 Å². The van der Waals surface area contributed by atoms with E-state index >= 15 is 0 Å². The molecule has 0 spiro atoms. The maximum atomic E-state index is 8.38. The van der Waals surface area contributed by atoms with Crippen molar-refractivity contribution in [1.82, 2.24) is 0 Å². The van der Waals surface area contributed by atoms with Crippen molar-refractivity contribution in [2.24, 2.45) is 0 Å². The van der Waals surface area contributed by atoms with Crippen molar-refractivity contribution in [3.63, 3.8) is 0 Å². The smallest absolute Gasteiger partial charge is 0.292 e. The van der Waals surface area contributed by atoms with Gasteiger partial charge in [0, 0.05) is 10.6 Å². The Hall–Kier alpha value is -1.21. The zero-order valence-corrected chi connectivity index (χ0v) is 9.80. The number of halogens is 1. The quantitative estimate of drug-likeness (QED) is 0.432. The number of ether oxygens (including phenoxy) is 2. The summed E-state index contributed by atoms with van der Waals surface area (Å²) in [4.78, 5) is 0. The maximum absolute atomic E-state index is 8.38. The summed E-state index contributed by atoms with van der Waals surface area (Å²) in [6.45, 7) is 7.76. The summed E-state index contributed by atoms with van der Waals surface area (Å²) in [7, 11) is 0. The Morgan fingerprint density at radius 3 is 2.64 bits per heavy atom. The van der Waals surface area contributed by atoms with E-state index in [1.807, 2.05) is 6.92 Å². The second-order valence-corrected chi connectivity index (χ2v) is 3.46. The van der Waals surface area contributed by atoms with Crippen LogP contribution in [0.25, 0.3) is 0 Å². The lowest BCUT2D eigenvalue weighted by Gasteiger charge is -2.04. The standard InChI is InChI=1S/C10H12BrNO2/c1-4-9(13-5-2)6-10(8(3)11)14-7-12/h4,6H,1,5H2,2-3H3/b9-6+,10-8-. The van der Waals surface area contributed by atoms with Gasteiger partial charge in [-0.3, -0.25) is 0 Å². The van der Waals surface area contributed by atoms with Crippen LogP contribution in [0.3, 0.4) is 0 Å². The van der Waals surface area contributed by atoms with Gasteiger partial charge >= 0.3 is 0 Å². The highest BCUT2D eigenvalue weighted by molar-refractivity contribution is 9.11. The highest BCUT2D eigenvalue weighted by Gasteiger charge is 2.01. The fourth-order valence-corrected chi connectivity index (χ4v) is 0.899. The summed E-state index contributed by atoms with van der Waals surface area (Å²) in [6, 6.07) is 0. The molecule has 0 N–H and O–H groups in total. The molecule has 0 unspecified atom stereocenters. The molecule has 0 amide bonds. The molecule has 0 saturated heterocycles. The summed E-state index contributed by atoms with van der Waals surface area (Å²) in [5, 5.41) is 8.38. The fourth-order valence-electron chi connectivity index (χ4n) is 0.704. The normalized spacial score (nSPS) is 12.6. The number of hydrogen-bond donors (Lipinski definition) is 0. The van der Waals surface area contributed by atoms with Crippen LogP contribution in [0.5, 0.6) is 0 Å². The van der Waals surface area contributed by atoms with Gasteiger partial charge in [0.15, 0.2) is 5.76 Å². The molecule has 0 aromatic rings. The lowest BCUT2D eigenvalue weighted by atomic mass is 10.3. The Morgan fingerprint density at radius 1 is 1.64 bits per heavy atom. The summed E-state index contributed by atoms with van der Waals surface area (Å²) in [6.07, 6.45) is 4.76. The molecule has 0 aliphatic heterocycles. The van der Waals surface area contributed by atoms with Crippen LogP contribution in [-0.2, 0) is 9.47 Å². The molecule has 0 radical (unpaired) electrons. The molecule has 0 aromatic carbocycles. The Labute approximate surface area is 92.4 Å². The predicted octanol–water partition coefficient (Wildman–Crippen LogP) is 3.22. The second kappa shape index (κ2) is 7.22.